The summed E-state index contributed by atoms with van der Waals surface area (Å²) < 4.78 is 41.0. The third-order valence-electron chi connectivity index (χ3n) is 6.75. The maximum atomic E-state index is 14.4. The van der Waals surface area contributed by atoms with Crippen LogP contribution >= 0.6 is 11.6 Å². The Morgan fingerprint density at radius 3 is 2.35 bits per heavy atom. The van der Waals surface area contributed by atoms with E-state index in [4.69, 9.17) is 21.1 Å². The molecule has 1 fully saturated rings. The number of nitrogens with zero attached hydrogens (tertiary/aromatic N) is 4. The second-order valence-corrected chi connectivity index (χ2v) is 9.49. The Morgan fingerprint density at radius 1 is 1.07 bits per heavy atom. The zero-order valence-corrected chi connectivity index (χ0v) is 22.2. The van der Waals surface area contributed by atoms with E-state index < -0.39 is 40.5 Å². The first kappa shape index (κ1) is 27.1. The van der Waals surface area contributed by atoms with Crippen LogP contribution in [0, 0.1) is 11.6 Å². The Labute approximate surface area is 232 Å². The standard InChI is InChI=1S/C28H23ClF2N4O5/c1-39-20-7-4-8-21(40-2)24(20)35-25(16-11-17(29)13-32-12-16)33-26(36)23(28(35)38)27(37)34-10-9-15(14-34)22-18(30)5-3-6-19(22)31/h3-8,11-13,15,38H,9-10,14H2,1-2H3. The molecular weight excluding hydrogens is 546 g/mol. The number of methoxy groups -OCH3 is 2. The summed E-state index contributed by atoms with van der Waals surface area (Å²) in [7, 11) is 2.81. The van der Waals surface area contributed by atoms with E-state index in [2.05, 4.69) is 9.97 Å². The number of benzene rings is 2. The number of carbonyl (C=O) groups excluding carboxylic acids is 1. The van der Waals surface area contributed by atoms with Crippen molar-refractivity contribution in [3.63, 3.8) is 0 Å². The molecule has 5 rings (SSSR count). The molecule has 1 atom stereocenters. The maximum absolute atomic E-state index is 14.4. The van der Waals surface area contributed by atoms with Gasteiger partial charge in [-0.2, -0.15) is 4.98 Å². The molecule has 0 saturated carbocycles. The molecule has 2 aromatic carbocycles. The van der Waals surface area contributed by atoms with Crippen molar-refractivity contribution in [2.45, 2.75) is 12.3 Å². The zero-order chi connectivity index (χ0) is 28.6. The summed E-state index contributed by atoms with van der Waals surface area (Å²) in [6.45, 7) is 0.0433. The number of ether oxygens (including phenoxy) is 2. The van der Waals surface area contributed by atoms with Gasteiger partial charge in [0.2, 0.25) is 5.88 Å². The topological polar surface area (TPSA) is 107 Å². The molecule has 1 aliphatic heterocycles. The summed E-state index contributed by atoms with van der Waals surface area (Å²) in [6, 6.07) is 9.93. The number of aromatic nitrogens is 3. The van der Waals surface area contributed by atoms with Gasteiger partial charge in [-0.25, -0.2) is 8.78 Å². The van der Waals surface area contributed by atoms with Gasteiger partial charge in [0.15, 0.2) is 11.4 Å². The highest BCUT2D eigenvalue weighted by Crippen LogP contribution is 2.39. The van der Waals surface area contributed by atoms with E-state index in [-0.39, 0.29) is 58.7 Å². The average Bonchev–Trinajstić information content (AvgIpc) is 3.42. The van der Waals surface area contributed by atoms with Crippen LogP contribution in [-0.2, 0) is 0 Å². The first-order valence-corrected chi connectivity index (χ1v) is 12.5. The molecule has 1 unspecified atom stereocenters. The quantitative estimate of drug-likeness (QED) is 0.363. The molecule has 0 aliphatic carbocycles. The molecule has 1 saturated heterocycles. The number of amides is 1. The molecule has 1 amide bonds. The number of hydrogen-bond donors (Lipinski definition) is 1. The predicted octanol–water partition coefficient (Wildman–Crippen LogP) is 4.58. The van der Waals surface area contributed by atoms with Crippen LogP contribution in [0.5, 0.6) is 17.4 Å². The van der Waals surface area contributed by atoms with E-state index in [9.17, 15) is 23.5 Å². The summed E-state index contributed by atoms with van der Waals surface area (Å²) in [4.78, 5) is 36.4. The normalized spacial score (nSPS) is 14.8. The SMILES string of the molecule is COc1cccc(OC)c1-n1c(-c2cncc(Cl)c2)nc(=O)c(C(=O)N2CCC(c3c(F)cccc3F)C2)c1O. The first-order chi connectivity index (χ1) is 19.2. The first-order valence-electron chi connectivity index (χ1n) is 12.2. The minimum Gasteiger partial charge on any atom is -0.494 e. The van der Waals surface area contributed by atoms with Gasteiger partial charge in [-0.15, -0.1) is 0 Å². The number of para-hydroxylation sites is 1. The molecule has 9 nitrogen and oxygen atoms in total. The summed E-state index contributed by atoms with van der Waals surface area (Å²) in [5, 5.41) is 11.8. The highest BCUT2D eigenvalue weighted by Gasteiger charge is 2.35. The highest BCUT2D eigenvalue weighted by molar-refractivity contribution is 6.30. The van der Waals surface area contributed by atoms with Crippen LogP contribution in [0.15, 0.2) is 59.7 Å². The number of carbonyl (C=O) groups is 1. The molecule has 2 aromatic heterocycles. The molecule has 0 bridgehead atoms. The van der Waals surface area contributed by atoms with Crippen molar-refractivity contribution < 1.29 is 28.2 Å². The number of pyridine rings is 1. The van der Waals surface area contributed by atoms with Gasteiger partial charge in [-0.3, -0.25) is 19.1 Å². The number of aromatic hydroxyl groups is 1. The van der Waals surface area contributed by atoms with Gasteiger partial charge >= 0.3 is 0 Å². The van der Waals surface area contributed by atoms with Crippen LogP contribution in [0.3, 0.4) is 0 Å². The molecule has 0 radical (unpaired) electrons. The van der Waals surface area contributed by atoms with E-state index in [1.165, 1.54) is 43.6 Å². The van der Waals surface area contributed by atoms with Crippen molar-refractivity contribution in [1.29, 1.82) is 0 Å². The number of rotatable bonds is 6. The Hall–Kier alpha value is -4.51. The van der Waals surface area contributed by atoms with Crippen molar-refractivity contribution in [2.75, 3.05) is 27.3 Å². The van der Waals surface area contributed by atoms with Gasteiger partial charge in [0.1, 0.15) is 28.8 Å². The lowest BCUT2D eigenvalue weighted by atomic mass is 9.97. The third kappa shape index (κ3) is 4.73. The lowest BCUT2D eigenvalue weighted by Gasteiger charge is -2.22. The van der Waals surface area contributed by atoms with Crippen molar-refractivity contribution in [1.82, 2.24) is 19.4 Å². The minimum absolute atomic E-state index is 0.0620. The van der Waals surface area contributed by atoms with Gasteiger partial charge in [-0.1, -0.05) is 23.7 Å². The van der Waals surface area contributed by atoms with Gasteiger partial charge in [0.05, 0.1) is 19.2 Å². The molecule has 1 aliphatic rings. The van der Waals surface area contributed by atoms with Gasteiger partial charge in [-0.05, 0) is 36.8 Å². The molecule has 3 heterocycles. The Balaban J connectivity index is 1.67. The largest absolute Gasteiger partial charge is 0.494 e. The number of likely N-dealkylation sites (tertiary alicyclic amines) is 1. The predicted molar refractivity (Wildman–Crippen MR) is 142 cm³/mol. The van der Waals surface area contributed by atoms with E-state index >= 15 is 0 Å². The third-order valence-corrected chi connectivity index (χ3v) is 6.96. The maximum Gasteiger partial charge on any atom is 0.290 e. The Kier molecular flexibility index (Phi) is 7.40. The second kappa shape index (κ2) is 10.9. The van der Waals surface area contributed by atoms with Crippen molar-refractivity contribution >= 4 is 17.5 Å². The smallest absolute Gasteiger partial charge is 0.290 e. The van der Waals surface area contributed by atoms with Gasteiger partial charge < -0.3 is 19.5 Å². The van der Waals surface area contributed by atoms with Gasteiger partial charge in [0, 0.05) is 42.5 Å². The number of hydrogen-bond acceptors (Lipinski definition) is 7. The van der Waals surface area contributed by atoms with E-state index in [1.54, 1.807) is 18.2 Å². The Bertz CT molecular complexity index is 1640. The fourth-order valence-electron chi connectivity index (χ4n) is 4.93. The van der Waals surface area contributed by atoms with E-state index in [0.717, 1.165) is 16.7 Å². The lowest BCUT2D eigenvalue weighted by Crippen LogP contribution is -2.34. The summed E-state index contributed by atoms with van der Waals surface area (Å²) in [5.74, 6) is -3.23. The minimum atomic E-state index is -1.01. The highest BCUT2D eigenvalue weighted by atomic mass is 35.5. The average molecular weight is 569 g/mol. The van der Waals surface area contributed by atoms with Crippen molar-refractivity contribution in [3.05, 3.63) is 93.0 Å². The lowest BCUT2D eigenvalue weighted by molar-refractivity contribution is 0.0784. The molecule has 12 heteroatoms. The molecule has 206 valence electrons. The monoisotopic (exact) mass is 568 g/mol. The summed E-state index contributed by atoms with van der Waals surface area (Å²) in [5.41, 5.74) is -1.33. The van der Waals surface area contributed by atoms with Crippen molar-refractivity contribution in [2.24, 2.45) is 0 Å². The Morgan fingerprint density at radius 2 is 1.73 bits per heavy atom. The molecule has 0 spiro atoms. The fourth-order valence-corrected chi connectivity index (χ4v) is 5.10. The summed E-state index contributed by atoms with van der Waals surface area (Å²) >= 11 is 6.14. The fraction of sp³-hybridized carbons (Fsp3) is 0.214. The van der Waals surface area contributed by atoms with E-state index in [1.807, 2.05) is 0 Å². The van der Waals surface area contributed by atoms with Crippen LogP contribution in [0.1, 0.15) is 28.3 Å². The second-order valence-electron chi connectivity index (χ2n) is 9.05. The van der Waals surface area contributed by atoms with E-state index in [0.29, 0.717) is 0 Å². The van der Waals surface area contributed by atoms with Crippen LogP contribution < -0.4 is 15.0 Å². The number of halogens is 3. The van der Waals surface area contributed by atoms with Crippen LogP contribution in [0.2, 0.25) is 5.02 Å². The molecule has 4 aromatic rings. The van der Waals surface area contributed by atoms with Crippen LogP contribution in [-0.4, -0.2) is 57.8 Å². The molecule has 1 N–H and O–H groups in total. The van der Waals surface area contributed by atoms with Crippen molar-refractivity contribution in [3.8, 4) is 34.5 Å². The molecule has 40 heavy (non-hydrogen) atoms. The van der Waals surface area contributed by atoms with Crippen LogP contribution in [0.4, 0.5) is 8.78 Å². The van der Waals surface area contributed by atoms with Gasteiger partial charge in [0.25, 0.3) is 11.5 Å². The van der Waals surface area contributed by atoms with Crippen LogP contribution in [0.25, 0.3) is 17.1 Å². The molecular formula is C28H23ClF2N4O5. The summed E-state index contributed by atoms with van der Waals surface area (Å²) in [6.07, 6.45) is 3.04. The zero-order valence-electron chi connectivity index (χ0n) is 21.4.